The molecule has 3 aromatic rings. The van der Waals surface area contributed by atoms with Gasteiger partial charge < -0.3 is 14.6 Å². The van der Waals surface area contributed by atoms with Gasteiger partial charge in [0.1, 0.15) is 0 Å². The summed E-state index contributed by atoms with van der Waals surface area (Å²) < 4.78 is 7.49. The second-order valence-corrected chi connectivity index (χ2v) is 7.82. The highest BCUT2D eigenvalue weighted by atomic mass is 16.5. The zero-order valence-electron chi connectivity index (χ0n) is 17.1. The quantitative estimate of drug-likeness (QED) is 0.625. The molecule has 1 fully saturated rings. The van der Waals surface area contributed by atoms with E-state index in [1.165, 1.54) is 0 Å². The molecule has 1 aliphatic rings. The minimum Gasteiger partial charge on any atom is -0.452 e. The lowest BCUT2D eigenvalue weighted by atomic mass is 10.00. The van der Waals surface area contributed by atoms with E-state index in [2.05, 4.69) is 9.88 Å². The summed E-state index contributed by atoms with van der Waals surface area (Å²) in [5, 5.41) is 5.17. The largest absolute Gasteiger partial charge is 0.452 e. The van der Waals surface area contributed by atoms with Crippen LogP contribution in [0.1, 0.15) is 59.2 Å². The number of nitrogens with zero attached hydrogens (tertiary/aromatic N) is 1. The van der Waals surface area contributed by atoms with Gasteiger partial charge in [-0.25, -0.2) is 4.79 Å². The number of hydrogen-bond acceptors (Lipinski definition) is 3. The average molecular weight is 390 g/mol. The highest BCUT2D eigenvalue weighted by Crippen LogP contribution is 2.38. The van der Waals surface area contributed by atoms with Crippen molar-refractivity contribution in [3.8, 4) is 0 Å². The molecule has 1 N–H and O–H groups in total. The lowest BCUT2D eigenvalue weighted by molar-refractivity contribution is -0.124. The number of carbonyl (C=O) groups excluding carboxylic acids is 2. The number of fused-ring (bicyclic) bond motifs is 1. The molecule has 150 valence electrons. The Hall–Kier alpha value is -3.08. The maximum absolute atomic E-state index is 12.5. The van der Waals surface area contributed by atoms with Crippen LogP contribution in [0.2, 0.25) is 0 Å². The van der Waals surface area contributed by atoms with Crippen molar-refractivity contribution >= 4 is 22.6 Å². The molecule has 2 aromatic carbocycles. The SMILES string of the molecule is Cc1cc(C(=O)OCC(=O)N[C@@H](C)c2cccc3ccccc23)c(C)n1C1CC1. The molecule has 0 bridgehead atoms. The van der Waals surface area contributed by atoms with E-state index in [1.807, 2.05) is 69.3 Å². The van der Waals surface area contributed by atoms with Gasteiger partial charge in [-0.3, -0.25) is 4.79 Å². The third-order valence-corrected chi connectivity index (χ3v) is 5.62. The first kappa shape index (κ1) is 19.2. The van der Waals surface area contributed by atoms with E-state index in [1.54, 1.807) is 0 Å². The van der Waals surface area contributed by atoms with Gasteiger partial charge >= 0.3 is 5.97 Å². The van der Waals surface area contributed by atoms with E-state index < -0.39 is 5.97 Å². The summed E-state index contributed by atoms with van der Waals surface area (Å²) in [6.45, 7) is 5.58. The second-order valence-electron chi connectivity index (χ2n) is 7.82. The second kappa shape index (κ2) is 7.74. The minimum absolute atomic E-state index is 0.188. The van der Waals surface area contributed by atoms with Crippen LogP contribution in [0.4, 0.5) is 0 Å². The smallest absolute Gasteiger partial charge is 0.340 e. The Morgan fingerprint density at radius 3 is 2.62 bits per heavy atom. The van der Waals surface area contributed by atoms with Crippen LogP contribution in [-0.4, -0.2) is 23.1 Å². The van der Waals surface area contributed by atoms with Gasteiger partial charge in [0.05, 0.1) is 11.6 Å². The van der Waals surface area contributed by atoms with Gasteiger partial charge in [0.2, 0.25) is 0 Å². The Labute approximate surface area is 170 Å². The van der Waals surface area contributed by atoms with Crippen molar-refractivity contribution in [2.75, 3.05) is 6.61 Å². The summed E-state index contributed by atoms with van der Waals surface area (Å²) >= 11 is 0. The number of ether oxygens (including phenoxy) is 1. The Morgan fingerprint density at radius 1 is 1.14 bits per heavy atom. The van der Waals surface area contributed by atoms with Crippen molar-refractivity contribution in [1.29, 1.82) is 0 Å². The molecule has 4 rings (SSSR count). The Balaban J connectivity index is 1.39. The van der Waals surface area contributed by atoms with Gasteiger partial charge in [-0.2, -0.15) is 0 Å². The molecule has 0 radical (unpaired) electrons. The monoisotopic (exact) mass is 390 g/mol. The Bertz CT molecular complexity index is 1070. The average Bonchev–Trinajstić information content (AvgIpc) is 3.50. The van der Waals surface area contributed by atoms with Crippen LogP contribution in [0.15, 0.2) is 48.5 Å². The van der Waals surface area contributed by atoms with Crippen LogP contribution < -0.4 is 5.32 Å². The molecule has 5 heteroatoms. The van der Waals surface area contributed by atoms with E-state index in [0.717, 1.165) is 40.6 Å². The van der Waals surface area contributed by atoms with Crippen molar-refractivity contribution in [2.45, 2.75) is 45.7 Å². The fourth-order valence-corrected chi connectivity index (χ4v) is 4.08. The highest BCUT2D eigenvalue weighted by Gasteiger charge is 2.29. The molecular formula is C24H26N2O3. The number of aromatic nitrogens is 1. The maximum Gasteiger partial charge on any atom is 0.340 e. The van der Waals surface area contributed by atoms with Crippen LogP contribution in [0.25, 0.3) is 10.8 Å². The lowest BCUT2D eigenvalue weighted by Crippen LogP contribution is -2.31. The summed E-state index contributed by atoms with van der Waals surface area (Å²) in [5.41, 5.74) is 3.56. The Morgan fingerprint density at radius 2 is 1.86 bits per heavy atom. The predicted octanol–water partition coefficient (Wildman–Crippen LogP) is 4.63. The molecule has 1 aromatic heterocycles. The standard InChI is InChI=1S/C24H26N2O3/c1-15-13-22(17(3)26(15)19-11-12-19)24(28)29-14-23(27)25-16(2)20-10-6-8-18-7-4-5-9-21(18)20/h4-10,13,16,19H,11-12,14H2,1-3H3,(H,25,27)/t16-/m0/s1. The molecule has 0 unspecified atom stereocenters. The number of aryl methyl sites for hydroxylation is 1. The van der Waals surface area contributed by atoms with Gasteiger partial charge in [0.25, 0.3) is 5.91 Å². The van der Waals surface area contributed by atoms with E-state index in [9.17, 15) is 9.59 Å². The summed E-state index contributed by atoms with van der Waals surface area (Å²) in [6, 6.07) is 16.3. The number of nitrogens with one attached hydrogen (secondary N) is 1. The topological polar surface area (TPSA) is 60.3 Å². The maximum atomic E-state index is 12.5. The highest BCUT2D eigenvalue weighted by molar-refractivity contribution is 5.93. The fraction of sp³-hybridized carbons (Fsp3) is 0.333. The first-order chi connectivity index (χ1) is 14.0. The van der Waals surface area contributed by atoms with Crippen molar-refractivity contribution < 1.29 is 14.3 Å². The molecule has 5 nitrogen and oxygen atoms in total. The van der Waals surface area contributed by atoms with Gasteiger partial charge in [0.15, 0.2) is 6.61 Å². The molecule has 29 heavy (non-hydrogen) atoms. The third kappa shape index (κ3) is 3.90. The third-order valence-electron chi connectivity index (χ3n) is 5.62. The van der Waals surface area contributed by atoms with E-state index in [0.29, 0.717) is 11.6 Å². The first-order valence-corrected chi connectivity index (χ1v) is 10.1. The van der Waals surface area contributed by atoms with E-state index >= 15 is 0 Å². The van der Waals surface area contributed by atoms with Gasteiger partial charge in [-0.15, -0.1) is 0 Å². The number of carbonyl (C=O) groups is 2. The summed E-state index contributed by atoms with van der Waals surface area (Å²) in [5.74, 6) is -0.757. The summed E-state index contributed by atoms with van der Waals surface area (Å²) in [4.78, 5) is 24.9. The van der Waals surface area contributed by atoms with Crippen molar-refractivity contribution in [3.63, 3.8) is 0 Å². The minimum atomic E-state index is -0.446. The van der Waals surface area contributed by atoms with Crippen LogP contribution >= 0.6 is 0 Å². The van der Waals surface area contributed by atoms with E-state index in [4.69, 9.17) is 4.74 Å². The number of rotatable bonds is 6. The van der Waals surface area contributed by atoms with Gasteiger partial charge in [-0.1, -0.05) is 42.5 Å². The number of amides is 1. The number of esters is 1. The molecule has 1 saturated carbocycles. The fourth-order valence-electron chi connectivity index (χ4n) is 4.08. The normalized spacial score (nSPS) is 14.6. The van der Waals surface area contributed by atoms with Gasteiger partial charge in [0, 0.05) is 17.4 Å². The molecule has 0 spiro atoms. The van der Waals surface area contributed by atoms with E-state index in [-0.39, 0.29) is 18.6 Å². The molecule has 1 heterocycles. The van der Waals surface area contributed by atoms with Gasteiger partial charge in [-0.05, 0) is 56.0 Å². The molecule has 0 aliphatic heterocycles. The zero-order valence-corrected chi connectivity index (χ0v) is 17.1. The molecule has 1 aliphatic carbocycles. The van der Waals surface area contributed by atoms with Crippen LogP contribution in [0, 0.1) is 13.8 Å². The van der Waals surface area contributed by atoms with Crippen molar-refractivity contribution in [2.24, 2.45) is 0 Å². The van der Waals surface area contributed by atoms with Crippen LogP contribution in [0.5, 0.6) is 0 Å². The van der Waals surface area contributed by atoms with Crippen molar-refractivity contribution in [1.82, 2.24) is 9.88 Å². The summed E-state index contributed by atoms with van der Waals surface area (Å²) in [6.07, 6.45) is 2.30. The summed E-state index contributed by atoms with van der Waals surface area (Å²) in [7, 11) is 0. The zero-order chi connectivity index (χ0) is 20.5. The predicted molar refractivity (Wildman–Crippen MR) is 113 cm³/mol. The number of hydrogen-bond donors (Lipinski definition) is 1. The molecule has 1 atom stereocenters. The Kier molecular flexibility index (Phi) is 5.14. The molecule has 1 amide bonds. The first-order valence-electron chi connectivity index (χ1n) is 10.1. The van der Waals surface area contributed by atoms with Crippen LogP contribution in [0.3, 0.4) is 0 Å². The molecular weight excluding hydrogens is 364 g/mol. The van der Waals surface area contributed by atoms with Crippen molar-refractivity contribution in [3.05, 3.63) is 71.0 Å². The number of benzene rings is 2. The van der Waals surface area contributed by atoms with Crippen LogP contribution in [-0.2, 0) is 9.53 Å². The lowest BCUT2D eigenvalue weighted by Gasteiger charge is -2.16. The molecule has 0 saturated heterocycles.